The number of pyridine rings is 1. The van der Waals surface area contributed by atoms with Crippen LogP contribution in [0.5, 0.6) is 0 Å². The van der Waals surface area contributed by atoms with E-state index in [1.165, 1.54) is 12.5 Å². The van der Waals surface area contributed by atoms with E-state index in [1.54, 1.807) is 17.5 Å². The van der Waals surface area contributed by atoms with Crippen molar-refractivity contribution >= 4 is 17.2 Å². The van der Waals surface area contributed by atoms with Crippen molar-refractivity contribution in [1.82, 2.24) is 19.8 Å². The van der Waals surface area contributed by atoms with Gasteiger partial charge in [0, 0.05) is 43.0 Å². The van der Waals surface area contributed by atoms with Gasteiger partial charge in [-0.15, -0.1) is 11.3 Å². The van der Waals surface area contributed by atoms with Gasteiger partial charge in [-0.3, -0.25) is 14.5 Å². The van der Waals surface area contributed by atoms with E-state index in [2.05, 4.69) is 21.9 Å². The monoisotopic (exact) mass is 372 g/mol. The summed E-state index contributed by atoms with van der Waals surface area (Å²) in [6.45, 7) is 4.31. The van der Waals surface area contributed by atoms with Gasteiger partial charge in [-0.25, -0.2) is 4.98 Å². The lowest BCUT2D eigenvalue weighted by molar-refractivity contribution is 0.0656. The normalized spacial score (nSPS) is 21.3. The molecule has 7 heteroatoms. The molecule has 26 heavy (non-hydrogen) atoms. The number of carbonyl (C=O) groups excluding carboxylic acids is 1. The first kappa shape index (κ1) is 17.4. The highest BCUT2D eigenvalue weighted by molar-refractivity contribution is 7.09. The number of aryl methyl sites for hydroxylation is 1. The van der Waals surface area contributed by atoms with Gasteiger partial charge in [0.2, 0.25) is 5.56 Å². The second-order valence-electron chi connectivity index (χ2n) is 7.61. The molecule has 1 spiro atoms. The van der Waals surface area contributed by atoms with Gasteiger partial charge in [0.1, 0.15) is 5.01 Å². The number of piperidine rings is 1. The standard InChI is InChI=1S/C19H24N4O2S/c1-13-9-16(24)21-11-14(13)18(25)23-6-3-19(4-7-23)10-15(19)22(2)12-17-20-5-8-26-17/h5,8-9,11,15H,3-4,6-7,10,12H2,1-2H3,(H,21,24). The molecule has 2 aliphatic rings. The second-order valence-corrected chi connectivity index (χ2v) is 8.59. The van der Waals surface area contributed by atoms with Crippen LogP contribution in [0.4, 0.5) is 0 Å². The molecular formula is C19H24N4O2S. The zero-order valence-corrected chi connectivity index (χ0v) is 16.0. The molecule has 0 bridgehead atoms. The van der Waals surface area contributed by atoms with Crippen molar-refractivity contribution < 1.29 is 4.79 Å². The maximum absolute atomic E-state index is 12.8. The number of likely N-dealkylation sites (tertiary alicyclic amines) is 1. The highest BCUT2D eigenvalue weighted by atomic mass is 32.1. The minimum Gasteiger partial charge on any atom is -0.339 e. The first-order chi connectivity index (χ1) is 12.5. The van der Waals surface area contributed by atoms with Gasteiger partial charge in [-0.2, -0.15) is 0 Å². The van der Waals surface area contributed by atoms with Crippen molar-refractivity contribution in [2.75, 3.05) is 20.1 Å². The zero-order chi connectivity index (χ0) is 18.3. The summed E-state index contributed by atoms with van der Waals surface area (Å²) in [6.07, 6.45) is 6.72. The molecule has 3 heterocycles. The molecule has 1 amide bonds. The summed E-state index contributed by atoms with van der Waals surface area (Å²) >= 11 is 1.70. The molecule has 2 aromatic heterocycles. The van der Waals surface area contributed by atoms with Gasteiger partial charge < -0.3 is 9.88 Å². The molecule has 1 aliphatic carbocycles. The van der Waals surface area contributed by atoms with Crippen LogP contribution >= 0.6 is 11.3 Å². The first-order valence-electron chi connectivity index (χ1n) is 9.06. The summed E-state index contributed by atoms with van der Waals surface area (Å²) in [6, 6.07) is 2.09. The quantitative estimate of drug-likeness (QED) is 0.894. The van der Waals surface area contributed by atoms with Gasteiger partial charge in [-0.05, 0) is 44.2 Å². The fourth-order valence-electron chi connectivity index (χ4n) is 4.27. The van der Waals surface area contributed by atoms with Crippen LogP contribution in [0.15, 0.2) is 28.6 Å². The van der Waals surface area contributed by atoms with Crippen molar-refractivity contribution in [1.29, 1.82) is 0 Å². The number of H-pyrrole nitrogens is 1. The Balaban J connectivity index is 1.36. The first-order valence-corrected chi connectivity index (χ1v) is 9.94. The van der Waals surface area contributed by atoms with E-state index in [4.69, 9.17) is 0 Å². The molecule has 1 saturated carbocycles. The third kappa shape index (κ3) is 3.21. The van der Waals surface area contributed by atoms with Gasteiger partial charge in [0.25, 0.3) is 5.91 Å². The fraction of sp³-hybridized carbons (Fsp3) is 0.526. The summed E-state index contributed by atoms with van der Waals surface area (Å²) < 4.78 is 0. The van der Waals surface area contributed by atoms with Crippen LogP contribution in [0.1, 0.15) is 40.2 Å². The van der Waals surface area contributed by atoms with Crippen LogP contribution in [-0.4, -0.2) is 51.9 Å². The molecule has 4 rings (SSSR count). The number of carbonyl (C=O) groups is 1. The van der Waals surface area contributed by atoms with E-state index in [0.717, 1.165) is 43.0 Å². The number of hydrogen-bond acceptors (Lipinski definition) is 5. The third-order valence-corrected chi connectivity index (χ3v) is 6.72. The van der Waals surface area contributed by atoms with Crippen LogP contribution in [-0.2, 0) is 6.54 Å². The lowest BCUT2D eigenvalue weighted by Gasteiger charge is -2.34. The third-order valence-electron chi connectivity index (χ3n) is 5.95. The van der Waals surface area contributed by atoms with E-state index < -0.39 is 0 Å². The van der Waals surface area contributed by atoms with Gasteiger partial charge in [0.05, 0.1) is 12.1 Å². The van der Waals surface area contributed by atoms with E-state index in [-0.39, 0.29) is 11.5 Å². The number of thiazole rings is 1. The van der Waals surface area contributed by atoms with Crippen LogP contribution in [0.3, 0.4) is 0 Å². The van der Waals surface area contributed by atoms with Crippen molar-refractivity contribution in [2.45, 2.75) is 38.8 Å². The van der Waals surface area contributed by atoms with Crippen molar-refractivity contribution in [3.8, 4) is 0 Å². The minimum atomic E-state index is -0.166. The van der Waals surface area contributed by atoms with Crippen LogP contribution in [0.25, 0.3) is 0 Å². The maximum atomic E-state index is 12.8. The molecule has 1 unspecified atom stereocenters. The number of aromatic nitrogens is 2. The second kappa shape index (κ2) is 6.63. The SMILES string of the molecule is Cc1cc(=O)[nH]cc1C(=O)N1CCC2(CC1)CC2N(C)Cc1nccs1. The number of hydrogen-bond donors (Lipinski definition) is 1. The number of amides is 1. The number of rotatable bonds is 4. The molecular weight excluding hydrogens is 348 g/mol. The van der Waals surface area contributed by atoms with E-state index in [9.17, 15) is 9.59 Å². The maximum Gasteiger partial charge on any atom is 0.255 e. The van der Waals surface area contributed by atoms with Crippen molar-refractivity contribution in [3.05, 3.63) is 50.3 Å². The average Bonchev–Trinajstić information content (AvgIpc) is 3.07. The lowest BCUT2D eigenvalue weighted by Crippen LogP contribution is -2.41. The average molecular weight is 372 g/mol. The summed E-state index contributed by atoms with van der Waals surface area (Å²) in [7, 11) is 2.18. The smallest absolute Gasteiger partial charge is 0.255 e. The van der Waals surface area contributed by atoms with E-state index in [1.807, 2.05) is 23.4 Å². The zero-order valence-electron chi connectivity index (χ0n) is 15.2. The molecule has 138 valence electrons. The molecule has 6 nitrogen and oxygen atoms in total. The Kier molecular flexibility index (Phi) is 4.44. The topological polar surface area (TPSA) is 69.3 Å². The molecule has 1 aliphatic heterocycles. The summed E-state index contributed by atoms with van der Waals surface area (Å²) in [5.41, 5.74) is 1.55. The Morgan fingerprint density at radius 1 is 1.46 bits per heavy atom. The van der Waals surface area contributed by atoms with Gasteiger partial charge >= 0.3 is 0 Å². The Labute approximate surface area is 156 Å². The summed E-state index contributed by atoms with van der Waals surface area (Å²) in [4.78, 5) is 35.5. The number of aromatic amines is 1. The van der Waals surface area contributed by atoms with E-state index >= 15 is 0 Å². The molecule has 1 saturated heterocycles. The summed E-state index contributed by atoms with van der Waals surface area (Å²) in [5.74, 6) is 0.0296. The highest BCUT2D eigenvalue weighted by Crippen LogP contribution is 2.56. The Morgan fingerprint density at radius 2 is 2.23 bits per heavy atom. The molecule has 0 radical (unpaired) electrons. The fourth-order valence-corrected chi connectivity index (χ4v) is 4.95. The predicted octanol–water partition coefficient (Wildman–Crippen LogP) is 2.27. The molecule has 2 aromatic rings. The molecule has 1 N–H and O–H groups in total. The van der Waals surface area contributed by atoms with E-state index in [0.29, 0.717) is 17.0 Å². The Hall–Kier alpha value is -1.99. The van der Waals surface area contributed by atoms with Crippen LogP contribution in [0, 0.1) is 12.3 Å². The number of nitrogens with zero attached hydrogens (tertiary/aromatic N) is 3. The lowest BCUT2D eigenvalue weighted by atomic mass is 9.92. The minimum absolute atomic E-state index is 0.0296. The Bertz CT molecular complexity index is 853. The van der Waals surface area contributed by atoms with Gasteiger partial charge in [-0.1, -0.05) is 0 Å². The van der Waals surface area contributed by atoms with Gasteiger partial charge in [0.15, 0.2) is 0 Å². The number of nitrogens with one attached hydrogen (secondary N) is 1. The molecule has 1 atom stereocenters. The van der Waals surface area contributed by atoms with Crippen LogP contribution < -0.4 is 5.56 Å². The molecule has 2 fully saturated rings. The largest absolute Gasteiger partial charge is 0.339 e. The van der Waals surface area contributed by atoms with Crippen molar-refractivity contribution in [3.63, 3.8) is 0 Å². The Morgan fingerprint density at radius 3 is 2.88 bits per heavy atom. The predicted molar refractivity (Wildman–Crippen MR) is 101 cm³/mol. The molecule has 0 aromatic carbocycles. The van der Waals surface area contributed by atoms with Crippen LogP contribution in [0.2, 0.25) is 0 Å². The summed E-state index contributed by atoms with van der Waals surface area (Å²) in [5, 5.41) is 3.19. The highest BCUT2D eigenvalue weighted by Gasteiger charge is 2.56. The van der Waals surface area contributed by atoms with Crippen molar-refractivity contribution in [2.24, 2.45) is 5.41 Å².